The molecule has 252 valence electrons. The summed E-state index contributed by atoms with van der Waals surface area (Å²) in [5.41, 5.74) is 0. The van der Waals surface area contributed by atoms with Crippen LogP contribution in [-0.4, -0.2) is 66.8 Å². The molecule has 0 heterocycles. The fourth-order valence-corrected chi connectivity index (χ4v) is 4.56. The van der Waals surface area contributed by atoms with E-state index in [1.807, 2.05) is 20.8 Å². The third kappa shape index (κ3) is 14.0. The van der Waals surface area contributed by atoms with E-state index >= 15 is 0 Å². The summed E-state index contributed by atoms with van der Waals surface area (Å²) in [5, 5.41) is 1.11. The van der Waals surface area contributed by atoms with Crippen LogP contribution in [0.2, 0.25) is 15.1 Å². The van der Waals surface area contributed by atoms with Gasteiger partial charge >= 0.3 is 7.32 Å². The van der Waals surface area contributed by atoms with Gasteiger partial charge in [-0.3, -0.25) is 0 Å². The Hall–Kier alpha value is -2.73. The van der Waals surface area contributed by atoms with E-state index in [-0.39, 0.29) is 0 Å². The van der Waals surface area contributed by atoms with Crippen molar-refractivity contribution in [3.05, 3.63) is 69.7 Å². The second-order valence-corrected chi connectivity index (χ2v) is 10.8. The third-order valence-electron chi connectivity index (χ3n) is 6.09. The van der Waals surface area contributed by atoms with E-state index in [4.69, 9.17) is 77.2 Å². The van der Waals surface area contributed by atoms with Gasteiger partial charge in [0, 0.05) is 77.1 Å². The highest BCUT2D eigenvalue weighted by Crippen LogP contribution is 2.33. The molecule has 0 aliphatic carbocycles. The minimum Gasteiger partial charge on any atom is -0.492 e. The lowest BCUT2D eigenvalue weighted by atomic mass is 10.2. The molecule has 0 radical (unpaired) electrons. The van der Waals surface area contributed by atoms with Gasteiger partial charge in [0.05, 0.1) is 34.9 Å². The maximum Gasteiger partial charge on any atom is 0.864 e. The van der Waals surface area contributed by atoms with E-state index in [0.717, 1.165) is 19.3 Å². The Kier molecular flexibility index (Phi) is 18.0. The monoisotopic (exact) mass is 698 g/mol. The first-order chi connectivity index (χ1) is 22.4. The lowest BCUT2D eigenvalue weighted by Crippen LogP contribution is -2.37. The van der Waals surface area contributed by atoms with Crippen LogP contribution in [0, 0.1) is 0 Å². The molecule has 0 spiro atoms. The number of rotatable bonds is 24. The second kappa shape index (κ2) is 22.0. The topological polar surface area (TPSA) is 83.1 Å². The molecule has 0 aliphatic rings. The van der Waals surface area contributed by atoms with Crippen molar-refractivity contribution in [2.45, 2.75) is 40.0 Å². The predicted octanol–water partition coefficient (Wildman–Crippen LogP) is 8.58. The van der Waals surface area contributed by atoms with Crippen LogP contribution in [-0.2, 0) is 14.2 Å². The van der Waals surface area contributed by atoms with Crippen LogP contribution >= 0.6 is 34.8 Å². The molecule has 0 bridgehead atoms. The van der Waals surface area contributed by atoms with Crippen molar-refractivity contribution >= 4 is 42.1 Å². The zero-order valence-electron chi connectivity index (χ0n) is 26.6. The first-order valence-corrected chi connectivity index (χ1v) is 16.6. The Bertz CT molecular complexity index is 1150. The van der Waals surface area contributed by atoms with Crippen molar-refractivity contribution in [2.24, 2.45) is 0 Å². The summed E-state index contributed by atoms with van der Waals surface area (Å²) >= 11 is 19.5. The molecule has 0 saturated heterocycles. The predicted molar refractivity (Wildman–Crippen MR) is 182 cm³/mol. The molecule has 13 heteroatoms. The molecule has 0 amide bonds. The van der Waals surface area contributed by atoms with Gasteiger partial charge in [-0.2, -0.15) is 0 Å². The van der Waals surface area contributed by atoms with Crippen LogP contribution < -0.4 is 28.2 Å². The number of halogens is 3. The first-order valence-electron chi connectivity index (χ1n) is 15.4. The van der Waals surface area contributed by atoms with Crippen LogP contribution in [0.25, 0.3) is 0 Å². The van der Waals surface area contributed by atoms with Gasteiger partial charge in [0.25, 0.3) is 0 Å². The van der Waals surface area contributed by atoms with Gasteiger partial charge in [0.2, 0.25) is 0 Å². The van der Waals surface area contributed by atoms with E-state index in [1.54, 1.807) is 54.6 Å². The van der Waals surface area contributed by atoms with Crippen LogP contribution in [0.1, 0.15) is 40.0 Å². The molecule has 0 aliphatic heterocycles. The van der Waals surface area contributed by atoms with Gasteiger partial charge in [0.1, 0.15) is 34.5 Å². The molecule has 3 aromatic rings. The van der Waals surface area contributed by atoms with E-state index in [2.05, 4.69) is 0 Å². The smallest absolute Gasteiger partial charge is 0.492 e. The van der Waals surface area contributed by atoms with Gasteiger partial charge in [-0.25, -0.2) is 0 Å². The zero-order chi connectivity index (χ0) is 33.0. The largest absolute Gasteiger partial charge is 0.864 e. The van der Waals surface area contributed by atoms with Gasteiger partial charge < -0.3 is 42.4 Å². The Morgan fingerprint density at radius 3 is 1.02 bits per heavy atom. The molecule has 0 aromatic heterocycles. The summed E-state index contributed by atoms with van der Waals surface area (Å²) in [7, 11) is -1.25. The van der Waals surface area contributed by atoms with Gasteiger partial charge in [-0.05, 0) is 57.2 Å². The Labute approximate surface area is 287 Å². The highest BCUT2D eigenvalue weighted by atomic mass is 35.5. The van der Waals surface area contributed by atoms with Crippen molar-refractivity contribution in [3.63, 3.8) is 0 Å². The number of hydrogen-bond donors (Lipinski definition) is 0. The highest BCUT2D eigenvalue weighted by molar-refractivity contribution is 6.40. The van der Waals surface area contributed by atoms with Crippen molar-refractivity contribution in [3.8, 4) is 34.5 Å². The van der Waals surface area contributed by atoms with Crippen molar-refractivity contribution in [1.29, 1.82) is 0 Å². The van der Waals surface area contributed by atoms with E-state index in [9.17, 15) is 0 Å². The molecule has 0 fully saturated rings. The number of benzene rings is 3. The van der Waals surface area contributed by atoms with Crippen molar-refractivity contribution in [2.75, 3.05) is 59.5 Å². The molecular weight excluding hydrogens is 658 g/mol. The standard InChI is InChI=1S/C33H42BCl3O9/c1-4-38-16-7-19-41-31-13-10-25(22-28(31)35)44-34(45-26-11-14-32(29(36)23-26)42-20-8-17-39-5-2)46-27-12-15-33(30(37)24-27)43-21-9-18-40-6-3/h10-15,22-24H,4-9,16-21H2,1-3H3. The minimum atomic E-state index is -1.25. The summed E-state index contributed by atoms with van der Waals surface area (Å²) in [6.45, 7) is 11.1. The normalized spacial score (nSPS) is 10.8. The fourth-order valence-electron chi connectivity index (χ4n) is 3.88. The number of ether oxygens (including phenoxy) is 6. The first kappa shape index (κ1) is 37.7. The summed E-state index contributed by atoms with van der Waals surface area (Å²) in [6, 6.07) is 15.2. The van der Waals surface area contributed by atoms with Crippen LogP contribution in [0.15, 0.2) is 54.6 Å². The van der Waals surface area contributed by atoms with Gasteiger partial charge in [-0.1, -0.05) is 34.8 Å². The summed E-state index contributed by atoms with van der Waals surface area (Å²) in [5.74, 6) is 2.73. The maximum absolute atomic E-state index is 6.49. The summed E-state index contributed by atoms with van der Waals surface area (Å²) < 4.78 is 51.6. The molecule has 0 N–H and O–H groups in total. The molecule has 0 atom stereocenters. The lowest BCUT2D eigenvalue weighted by Gasteiger charge is -2.18. The fraction of sp³-hybridized carbons (Fsp3) is 0.455. The van der Waals surface area contributed by atoms with Gasteiger partial charge in [0.15, 0.2) is 0 Å². The molecule has 3 aromatic carbocycles. The molecule has 3 rings (SSSR count). The average Bonchev–Trinajstić information content (AvgIpc) is 3.03. The highest BCUT2D eigenvalue weighted by Gasteiger charge is 2.31. The molecule has 0 unspecified atom stereocenters. The van der Waals surface area contributed by atoms with E-state index in [0.29, 0.717) is 109 Å². The zero-order valence-corrected chi connectivity index (χ0v) is 28.8. The Balaban J connectivity index is 1.71. The third-order valence-corrected chi connectivity index (χ3v) is 6.98. The van der Waals surface area contributed by atoms with Crippen molar-refractivity contribution < 1.29 is 42.4 Å². The SMILES string of the molecule is CCOCCCOc1ccc(OB(Oc2ccc(OCCCOCC)c(Cl)c2)Oc2ccc(OCCCOCC)c(Cl)c2)cc1Cl. The second-order valence-electron chi connectivity index (χ2n) is 9.62. The maximum atomic E-state index is 6.49. The minimum absolute atomic E-state index is 0.371. The molecular formula is C33H42BCl3O9. The molecule has 0 saturated carbocycles. The van der Waals surface area contributed by atoms with Crippen LogP contribution in [0.5, 0.6) is 34.5 Å². The average molecular weight is 700 g/mol. The summed E-state index contributed by atoms with van der Waals surface area (Å²) in [4.78, 5) is 0. The van der Waals surface area contributed by atoms with Crippen LogP contribution in [0.3, 0.4) is 0 Å². The lowest BCUT2D eigenvalue weighted by molar-refractivity contribution is 0.130. The van der Waals surface area contributed by atoms with E-state index in [1.165, 1.54) is 0 Å². The quantitative estimate of drug-likeness (QED) is 0.0675. The van der Waals surface area contributed by atoms with E-state index < -0.39 is 7.32 Å². The molecule has 46 heavy (non-hydrogen) atoms. The Morgan fingerprint density at radius 2 is 0.761 bits per heavy atom. The van der Waals surface area contributed by atoms with Crippen molar-refractivity contribution in [1.82, 2.24) is 0 Å². The van der Waals surface area contributed by atoms with Gasteiger partial charge in [-0.15, -0.1) is 0 Å². The Morgan fingerprint density at radius 1 is 0.457 bits per heavy atom. The number of hydrogen-bond acceptors (Lipinski definition) is 9. The molecule has 9 nitrogen and oxygen atoms in total. The summed E-state index contributed by atoms with van der Waals surface area (Å²) in [6.07, 6.45) is 2.22. The van der Waals surface area contributed by atoms with Crippen LogP contribution in [0.4, 0.5) is 0 Å².